The zero-order valence-electron chi connectivity index (χ0n) is 16.7. The van der Waals surface area contributed by atoms with Crippen LogP contribution in [0.4, 0.5) is 0 Å². The van der Waals surface area contributed by atoms with Crippen LogP contribution in [0.2, 0.25) is 0 Å². The number of amides is 2. The van der Waals surface area contributed by atoms with Gasteiger partial charge in [0.2, 0.25) is 11.7 Å². The van der Waals surface area contributed by atoms with E-state index in [1.165, 1.54) is 7.05 Å². The summed E-state index contributed by atoms with van der Waals surface area (Å²) in [6, 6.07) is 9.93. The van der Waals surface area contributed by atoms with Crippen molar-refractivity contribution in [1.82, 2.24) is 30.3 Å². The first-order chi connectivity index (χ1) is 14.0. The largest absolute Gasteiger partial charge is 0.356 e. The average molecular weight is 400 g/mol. The molecule has 2 amide bonds. The van der Waals surface area contributed by atoms with Crippen molar-refractivity contribution < 1.29 is 9.59 Å². The summed E-state index contributed by atoms with van der Waals surface area (Å²) in [5.74, 6) is -0.260. The van der Waals surface area contributed by atoms with Crippen LogP contribution in [0.25, 0.3) is 0 Å². The molecule has 1 unspecified atom stereocenters. The molecule has 9 heteroatoms. The van der Waals surface area contributed by atoms with Gasteiger partial charge in [0.1, 0.15) is 0 Å². The third-order valence-electron chi connectivity index (χ3n) is 5.02. The van der Waals surface area contributed by atoms with Gasteiger partial charge in [0.05, 0.1) is 0 Å². The number of hydrogen-bond acceptors (Lipinski definition) is 5. The molecule has 1 aromatic heterocycles. The molecular weight excluding hydrogens is 372 g/mol. The number of rotatable bonds is 2. The summed E-state index contributed by atoms with van der Waals surface area (Å²) in [6.07, 6.45) is 2.70. The molecule has 3 N–H and O–H groups in total. The van der Waals surface area contributed by atoms with Crippen LogP contribution >= 0.6 is 0 Å². The highest BCUT2D eigenvalue weighted by molar-refractivity contribution is 5.90. The summed E-state index contributed by atoms with van der Waals surface area (Å²) >= 11 is 0. The number of nitrogens with one attached hydrogen (secondary N) is 3. The van der Waals surface area contributed by atoms with Crippen molar-refractivity contribution in [2.45, 2.75) is 31.7 Å². The van der Waals surface area contributed by atoms with E-state index in [1.807, 2.05) is 30.3 Å². The molecule has 0 aliphatic carbocycles. The van der Waals surface area contributed by atoms with Crippen LogP contribution in [-0.4, -0.2) is 57.7 Å². The molecule has 1 aliphatic heterocycles. The molecule has 1 aromatic carbocycles. The zero-order chi connectivity index (χ0) is 20.6. The van der Waals surface area contributed by atoms with E-state index in [9.17, 15) is 14.4 Å². The number of hydrogen-bond donors (Lipinski definition) is 3. The molecule has 0 spiro atoms. The third kappa shape index (κ3) is 5.77. The molecule has 1 aliphatic rings. The number of carbonyl (C=O) groups is 2. The molecular formula is C20H28N6O3. The summed E-state index contributed by atoms with van der Waals surface area (Å²) in [5, 5.41) is 10.4. The molecule has 3 rings (SSSR count). The van der Waals surface area contributed by atoms with Gasteiger partial charge in [-0.15, -0.1) is 5.10 Å². The lowest BCUT2D eigenvalue weighted by molar-refractivity contribution is -0.121. The van der Waals surface area contributed by atoms with E-state index in [1.54, 1.807) is 4.90 Å². The van der Waals surface area contributed by atoms with E-state index in [-0.39, 0.29) is 23.7 Å². The van der Waals surface area contributed by atoms with Gasteiger partial charge in [-0.25, -0.2) is 9.48 Å². The fourth-order valence-electron chi connectivity index (χ4n) is 3.42. The molecule has 0 radical (unpaired) electrons. The Morgan fingerprint density at radius 2 is 1.83 bits per heavy atom. The Morgan fingerprint density at radius 1 is 1.07 bits per heavy atom. The highest BCUT2D eigenvalue weighted by Gasteiger charge is 2.21. The molecule has 1 fully saturated rings. The van der Waals surface area contributed by atoms with Gasteiger partial charge in [0.25, 0.3) is 5.91 Å². The Kier molecular flexibility index (Phi) is 7.18. The number of nitrogens with zero attached hydrogens (tertiary/aromatic N) is 3. The number of carbonyl (C=O) groups excluding carboxylic acids is 2. The molecule has 156 valence electrons. The standard InChI is InChI=1S/C20H28N6O3/c1-25-20(29)23-18(24-25)19(28)26-12-6-5-10-21-16(15-8-3-2-4-9-15)14-17(27)22-11-7-13-26/h2-4,8-9,16,21H,5-7,10-14H2,1H3,(H,22,27)(H,23,24,29). The quantitative estimate of drug-likeness (QED) is 0.682. The van der Waals surface area contributed by atoms with Gasteiger partial charge >= 0.3 is 5.69 Å². The minimum atomic E-state index is -0.414. The Balaban J connectivity index is 1.64. The lowest BCUT2D eigenvalue weighted by atomic mass is 10.0. The van der Waals surface area contributed by atoms with Crippen molar-refractivity contribution >= 4 is 11.8 Å². The second-order valence-electron chi connectivity index (χ2n) is 7.23. The third-order valence-corrected chi connectivity index (χ3v) is 5.02. The second-order valence-corrected chi connectivity index (χ2v) is 7.23. The maximum atomic E-state index is 12.7. The molecule has 1 atom stereocenters. The summed E-state index contributed by atoms with van der Waals surface area (Å²) in [7, 11) is 1.50. The van der Waals surface area contributed by atoms with Crippen LogP contribution < -0.4 is 16.3 Å². The van der Waals surface area contributed by atoms with Crippen LogP contribution in [0.1, 0.15) is 47.9 Å². The van der Waals surface area contributed by atoms with Crippen LogP contribution in [0, 0.1) is 0 Å². The van der Waals surface area contributed by atoms with Crippen LogP contribution in [-0.2, 0) is 11.8 Å². The fraction of sp³-hybridized carbons (Fsp3) is 0.500. The van der Waals surface area contributed by atoms with E-state index >= 15 is 0 Å². The Hall–Kier alpha value is -2.94. The maximum Gasteiger partial charge on any atom is 0.343 e. The number of benzene rings is 1. The van der Waals surface area contributed by atoms with Gasteiger partial charge in [-0.1, -0.05) is 30.3 Å². The monoisotopic (exact) mass is 400 g/mol. The smallest absolute Gasteiger partial charge is 0.343 e. The second kappa shape index (κ2) is 10.0. The SMILES string of the molecule is Cn1nc(C(=O)N2CCCCNC(c3ccccc3)CC(=O)NCCC2)[nH]c1=O. The molecule has 2 aromatic rings. The van der Waals surface area contributed by atoms with Gasteiger partial charge in [0, 0.05) is 39.1 Å². The van der Waals surface area contributed by atoms with Crippen LogP contribution in [0.5, 0.6) is 0 Å². The number of aryl methyl sites for hydroxylation is 1. The van der Waals surface area contributed by atoms with Crippen molar-refractivity contribution in [2.75, 3.05) is 26.2 Å². The number of aromatic amines is 1. The maximum absolute atomic E-state index is 12.7. The van der Waals surface area contributed by atoms with Gasteiger partial charge in [-0.2, -0.15) is 0 Å². The van der Waals surface area contributed by atoms with Crippen molar-refractivity contribution in [2.24, 2.45) is 7.05 Å². The zero-order valence-corrected chi connectivity index (χ0v) is 16.7. The van der Waals surface area contributed by atoms with E-state index in [0.29, 0.717) is 32.5 Å². The van der Waals surface area contributed by atoms with E-state index in [4.69, 9.17) is 0 Å². The molecule has 0 saturated carbocycles. The Bertz CT molecular complexity index is 876. The summed E-state index contributed by atoms with van der Waals surface area (Å²) in [6.45, 7) is 2.30. The van der Waals surface area contributed by atoms with Crippen molar-refractivity contribution in [1.29, 1.82) is 0 Å². The summed E-state index contributed by atoms with van der Waals surface area (Å²) in [5.41, 5.74) is 0.677. The minimum Gasteiger partial charge on any atom is -0.356 e. The fourth-order valence-corrected chi connectivity index (χ4v) is 3.42. The molecule has 29 heavy (non-hydrogen) atoms. The van der Waals surface area contributed by atoms with Gasteiger partial charge in [-0.3, -0.25) is 14.6 Å². The highest BCUT2D eigenvalue weighted by atomic mass is 16.2. The first-order valence-corrected chi connectivity index (χ1v) is 10.0. The summed E-state index contributed by atoms with van der Waals surface area (Å²) < 4.78 is 1.11. The van der Waals surface area contributed by atoms with Crippen LogP contribution in [0.15, 0.2) is 35.1 Å². The van der Waals surface area contributed by atoms with E-state index in [0.717, 1.165) is 29.6 Å². The Morgan fingerprint density at radius 3 is 2.55 bits per heavy atom. The Labute approximate surface area is 169 Å². The molecule has 1 saturated heterocycles. The molecule has 0 bridgehead atoms. The van der Waals surface area contributed by atoms with Crippen molar-refractivity contribution in [3.8, 4) is 0 Å². The van der Waals surface area contributed by atoms with Gasteiger partial charge in [-0.05, 0) is 31.4 Å². The highest BCUT2D eigenvalue weighted by Crippen LogP contribution is 2.17. The molecule has 9 nitrogen and oxygen atoms in total. The normalized spacial score (nSPS) is 19.6. The summed E-state index contributed by atoms with van der Waals surface area (Å²) in [4.78, 5) is 40.8. The predicted molar refractivity (Wildman–Crippen MR) is 108 cm³/mol. The van der Waals surface area contributed by atoms with Gasteiger partial charge < -0.3 is 15.5 Å². The predicted octanol–water partition coefficient (Wildman–Crippen LogP) is 0.572. The lowest BCUT2D eigenvalue weighted by Crippen LogP contribution is -2.36. The number of aromatic nitrogens is 3. The van der Waals surface area contributed by atoms with Crippen molar-refractivity contribution in [3.63, 3.8) is 0 Å². The van der Waals surface area contributed by atoms with E-state index < -0.39 is 5.69 Å². The van der Waals surface area contributed by atoms with E-state index in [2.05, 4.69) is 20.7 Å². The lowest BCUT2D eigenvalue weighted by Gasteiger charge is -2.21. The van der Waals surface area contributed by atoms with Gasteiger partial charge in [0.15, 0.2) is 0 Å². The first kappa shape index (κ1) is 20.8. The van der Waals surface area contributed by atoms with Crippen molar-refractivity contribution in [3.05, 3.63) is 52.2 Å². The molecule has 2 heterocycles. The van der Waals surface area contributed by atoms with Crippen LogP contribution in [0.3, 0.4) is 0 Å². The topological polar surface area (TPSA) is 112 Å². The average Bonchev–Trinajstić information content (AvgIpc) is 3.07. The minimum absolute atomic E-state index is 0.0162. The first-order valence-electron chi connectivity index (χ1n) is 10.0. The number of H-pyrrole nitrogens is 1.